The van der Waals surface area contributed by atoms with Crippen molar-refractivity contribution >= 4 is 16.7 Å². The molecule has 0 aliphatic heterocycles. The number of aromatic nitrogens is 1. The maximum Gasteiger partial charge on any atom is 0.124 e. The van der Waals surface area contributed by atoms with Gasteiger partial charge in [0.1, 0.15) is 11.6 Å². The Labute approximate surface area is 76.2 Å². The predicted octanol–water partition coefficient (Wildman–Crippen LogP) is 1.83. The van der Waals surface area contributed by atoms with Gasteiger partial charge >= 0.3 is 0 Å². The fourth-order valence-corrected chi connectivity index (χ4v) is 1.24. The topological polar surface area (TPSA) is 48.1 Å². The van der Waals surface area contributed by atoms with E-state index in [0.29, 0.717) is 5.82 Å². The SMILES string of the molecule is COc1ccc2ccc(N)nc2c1. The monoisotopic (exact) mass is 174 g/mol. The first-order chi connectivity index (χ1) is 6.29. The summed E-state index contributed by atoms with van der Waals surface area (Å²) in [6.07, 6.45) is 0. The molecule has 2 aromatic rings. The summed E-state index contributed by atoms with van der Waals surface area (Å²) in [4.78, 5) is 4.18. The van der Waals surface area contributed by atoms with Gasteiger partial charge in [-0.2, -0.15) is 0 Å². The smallest absolute Gasteiger partial charge is 0.124 e. The van der Waals surface area contributed by atoms with E-state index in [0.717, 1.165) is 16.7 Å². The Morgan fingerprint density at radius 2 is 2.00 bits per heavy atom. The van der Waals surface area contributed by atoms with Crippen LogP contribution in [0, 0.1) is 0 Å². The highest BCUT2D eigenvalue weighted by Gasteiger charge is 1.97. The van der Waals surface area contributed by atoms with E-state index < -0.39 is 0 Å². The van der Waals surface area contributed by atoms with Gasteiger partial charge in [-0.25, -0.2) is 4.98 Å². The van der Waals surface area contributed by atoms with E-state index in [9.17, 15) is 0 Å². The molecule has 1 aromatic carbocycles. The van der Waals surface area contributed by atoms with E-state index in [4.69, 9.17) is 10.5 Å². The van der Waals surface area contributed by atoms with Crippen LogP contribution in [0.15, 0.2) is 30.3 Å². The fraction of sp³-hybridized carbons (Fsp3) is 0.100. The molecule has 0 atom stereocenters. The molecule has 0 bridgehead atoms. The molecule has 0 aliphatic carbocycles. The average Bonchev–Trinajstić information content (AvgIpc) is 2.16. The summed E-state index contributed by atoms with van der Waals surface area (Å²) in [5.74, 6) is 1.33. The number of nitrogen functional groups attached to an aromatic ring is 1. The van der Waals surface area contributed by atoms with E-state index >= 15 is 0 Å². The Balaban J connectivity index is 2.68. The molecule has 0 radical (unpaired) electrons. The van der Waals surface area contributed by atoms with Crippen molar-refractivity contribution in [3.05, 3.63) is 30.3 Å². The van der Waals surface area contributed by atoms with Gasteiger partial charge in [0.2, 0.25) is 0 Å². The Morgan fingerprint density at radius 1 is 1.23 bits per heavy atom. The summed E-state index contributed by atoms with van der Waals surface area (Å²) < 4.78 is 5.08. The lowest BCUT2D eigenvalue weighted by Gasteiger charge is -2.01. The van der Waals surface area contributed by atoms with Crippen molar-refractivity contribution in [1.82, 2.24) is 4.98 Å². The van der Waals surface area contributed by atoms with Gasteiger partial charge in [-0.05, 0) is 24.3 Å². The van der Waals surface area contributed by atoms with Gasteiger partial charge < -0.3 is 10.5 Å². The highest BCUT2D eigenvalue weighted by molar-refractivity contribution is 5.81. The molecule has 1 heterocycles. The molecule has 2 rings (SSSR count). The summed E-state index contributed by atoms with van der Waals surface area (Å²) in [6, 6.07) is 9.46. The zero-order valence-corrected chi connectivity index (χ0v) is 7.32. The first-order valence-electron chi connectivity index (χ1n) is 4.00. The number of pyridine rings is 1. The van der Waals surface area contributed by atoms with E-state index in [1.165, 1.54) is 0 Å². The zero-order chi connectivity index (χ0) is 9.26. The lowest BCUT2D eigenvalue weighted by molar-refractivity contribution is 0.415. The van der Waals surface area contributed by atoms with Crippen LogP contribution in [0.4, 0.5) is 5.82 Å². The van der Waals surface area contributed by atoms with Crippen LogP contribution in [0.3, 0.4) is 0 Å². The van der Waals surface area contributed by atoms with E-state index in [-0.39, 0.29) is 0 Å². The van der Waals surface area contributed by atoms with E-state index in [2.05, 4.69) is 4.98 Å². The van der Waals surface area contributed by atoms with Gasteiger partial charge in [0.25, 0.3) is 0 Å². The highest BCUT2D eigenvalue weighted by Crippen LogP contribution is 2.19. The van der Waals surface area contributed by atoms with Crippen LogP contribution in [-0.4, -0.2) is 12.1 Å². The number of rotatable bonds is 1. The molecule has 1 aromatic heterocycles. The van der Waals surface area contributed by atoms with Crippen LogP contribution in [0.2, 0.25) is 0 Å². The number of hydrogen-bond donors (Lipinski definition) is 1. The average molecular weight is 174 g/mol. The Bertz CT molecular complexity index is 440. The van der Waals surface area contributed by atoms with Gasteiger partial charge in [-0.3, -0.25) is 0 Å². The van der Waals surface area contributed by atoms with Crippen LogP contribution in [0.1, 0.15) is 0 Å². The third kappa shape index (κ3) is 1.40. The number of hydrogen-bond acceptors (Lipinski definition) is 3. The van der Waals surface area contributed by atoms with Crippen molar-refractivity contribution in [1.29, 1.82) is 0 Å². The molecule has 3 heteroatoms. The Kier molecular flexibility index (Phi) is 1.77. The van der Waals surface area contributed by atoms with E-state index in [1.807, 2.05) is 24.3 Å². The number of ether oxygens (including phenoxy) is 1. The van der Waals surface area contributed by atoms with Crippen molar-refractivity contribution in [2.45, 2.75) is 0 Å². The van der Waals surface area contributed by atoms with Crippen molar-refractivity contribution in [2.24, 2.45) is 0 Å². The molecule has 13 heavy (non-hydrogen) atoms. The summed E-state index contributed by atoms with van der Waals surface area (Å²) in [5, 5.41) is 1.06. The second-order valence-electron chi connectivity index (χ2n) is 2.79. The Hall–Kier alpha value is -1.77. The second kappa shape index (κ2) is 2.94. The fourth-order valence-electron chi connectivity index (χ4n) is 1.24. The molecule has 0 saturated carbocycles. The van der Waals surface area contributed by atoms with Gasteiger partial charge in [0.05, 0.1) is 12.6 Å². The maximum atomic E-state index is 5.56. The normalized spacial score (nSPS) is 10.2. The number of nitrogens with two attached hydrogens (primary N) is 1. The molecule has 2 N–H and O–H groups in total. The molecule has 0 fully saturated rings. The number of benzene rings is 1. The molecular weight excluding hydrogens is 164 g/mol. The molecule has 3 nitrogen and oxygen atoms in total. The Morgan fingerprint density at radius 3 is 2.77 bits per heavy atom. The minimum absolute atomic E-state index is 0.528. The van der Waals surface area contributed by atoms with Crippen LogP contribution >= 0.6 is 0 Å². The number of fused-ring (bicyclic) bond motifs is 1. The second-order valence-corrected chi connectivity index (χ2v) is 2.79. The zero-order valence-electron chi connectivity index (χ0n) is 7.32. The van der Waals surface area contributed by atoms with Crippen LogP contribution in [0.5, 0.6) is 5.75 Å². The third-order valence-electron chi connectivity index (χ3n) is 1.92. The first kappa shape index (κ1) is 7.86. The van der Waals surface area contributed by atoms with Crippen molar-refractivity contribution in [3.63, 3.8) is 0 Å². The summed E-state index contributed by atoms with van der Waals surface area (Å²) in [5.41, 5.74) is 6.42. The molecule has 0 saturated heterocycles. The first-order valence-corrected chi connectivity index (χ1v) is 4.00. The summed E-state index contributed by atoms with van der Waals surface area (Å²) in [6.45, 7) is 0. The molecule has 0 spiro atoms. The number of anilines is 1. The minimum atomic E-state index is 0.528. The van der Waals surface area contributed by atoms with Crippen molar-refractivity contribution in [2.75, 3.05) is 12.8 Å². The number of methoxy groups -OCH3 is 1. The third-order valence-corrected chi connectivity index (χ3v) is 1.92. The van der Waals surface area contributed by atoms with Gasteiger partial charge in [-0.15, -0.1) is 0 Å². The lowest BCUT2D eigenvalue weighted by Crippen LogP contribution is -1.90. The molecule has 0 amide bonds. The number of nitrogens with zero attached hydrogens (tertiary/aromatic N) is 1. The van der Waals surface area contributed by atoms with Crippen molar-refractivity contribution in [3.8, 4) is 5.75 Å². The van der Waals surface area contributed by atoms with Crippen LogP contribution < -0.4 is 10.5 Å². The van der Waals surface area contributed by atoms with Gasteiger partial charge in [0.15, 0.2) is 0 Å². The molecule has 0 unspecified atom stereocenters. The lowest BCUT2D eigenvalue weighted by atomic mass is 10.2. The summed E-state index contributed by atoms with van der Waals surface area (Å²) >= 11 is 0. The van der Waals surface area contributed by atoms with Gasteiger partial charge in [-0.1, -0.05) is 0 Å². The maximum absolute atomic E-state index is 5.56. The molecule has 0 aliphatic rings. The van der Waals surface area contributed by atoms with Crippen LogP contribution in [-0.2, 0) is 0 Å². The standard InChI is InChI=1S/C10H10N2O/c1-13-8-4-2-7-3-5-10(11)12-9(7)6-8/h2-6H,1H3,(H2,11,12). The van der Waals surface area contributed by atoms with E-state index in [1.54, 1.807) is 13.2 Å². The van der Waals surface area contributed by atoms with Crippen LogP contribution in [0.25, 0.3) is 10.9 Å². The quantitative estimate of drug-likeness (QED) is 0.717. The highest BCUT2D eigenvalue weighted by atomic mass is 16.5. The molecular formula is C10H10N2O. The molecule has 66 valence electrons. The van der Waals surface area contributed by atoms with Gasteiger partial charge in [0, 0.05) is 11.5 Å². The largest absolute Gasteiger partial charge is 0.497 e. The minimum Gasteiger partial charge on any atom is -0.497 e. The predicted molar refractivity (Wildman–Crippen MR) is 52.7 cm³/mol. The summed E-state index contributed by atoms with van der Waals surface area (Å²) in [7, 11) is 1.63. The van der Waals surface area contributed by atoms with Crippen molar-refractivity contribution < 1.29 is 4.74 Å².